The number of ether oxygens (including phenoxy) is 1. The largest absolute Gasteiger partial charge is 0.381 e. The lowest BCUT2D eigenvalue weighted by molar-refractivity contribution is -0.122. The number of ketones is 1. The van der Waals surface area contributed by atoms with Crippen LogP contribution < -0.4 is 0 Å². The molecule has 1 unspecified atom stereocenters. The number of hydrogen-bond acceptors (Lipinski definition) is 2. The average molecular weight is 287 g/mol. The molecule has 0 aromatic heterocycles. The quantitative estimate of drug-likeness (QED) is 0.854. The summed E-state index contributed by atoms with van der Waals surface area (Å²) in [5.41, 5.74) is 0.838. The van der Waals surface area contributed by atoms with Crippen molar-refractivity contribution in [2.24, 2.45) is 5.92 Å². The number of carbonyl (C=O) groups excluding carboxylic acids is 1. The molecule has 2 rings (SSSR count). The Labute approximate surface area is 102 Å². The Balaban J connectivity index is 2.02. The van der Waals surface area contributed by atoms with E-state index in [-0.39, 0.29) is 17.5 Å². The van der Waals surface area contributed by atoms with Crippen LogP contribution in [0.4, 0.5) is 4.39 Å². The Morgan fingerprint density at radius 2 is 2.38 bits per heavy atom. The van der Waals surface area contributed by atoms with Crippen LogP contribution in [-0.2, 0) is 16.0 Å². The van der Waals surface area contributed by atoms with Gasteiger partial charge in [-0.05, 0) is 40.0 Å². The molecule has 1 heterocycles. The third-order valence-corrected chi connectivity index (χ3v) is 3.36. The molecule has 86 valence electrons. The summed E-state index contributed by atoms with van der Waals surface area (Å²) in [7, 11) is 0. The lowest BCUT2D eigenvalue weighted by Crippen LogP contribution is -2.16. The summed E-state index contributed by atoms with van der Waals surface area (Å²) in [4.78, 5) is 11.8. The fourth-order valence-corrected chi connectivity index (χ4v) is 2.21. The van der Waals surface area contributed by atoms with Gasteiger partial charge in [-0.15, -0.1) is 0 Å². The third kappa shape index (κ3) is 2.68. The highest BCUT2D eigenvalue weighted by Crippen LogP contribution is 2.20. The Bertz CT molecular complexity index is 400. The lowest BCUT2D eigenvalue weighted by atomic mass is 9.97. The fourth-order valence-electron chi connectivity index (χ4n) is 1.78. The molecule has 0 amide bonds. The first-order valence-electron chi connectivity index (χ1n) is 5.21. The molecule has 0 spiro atoms. The molecule has 1 aromatic carbocycles. The number of hydrogen-bond donors (Lipinski definition) is 0. The van der Waals surface area contributed by atoms with E-state index >= 15 is 0 Å². The summed E-state index contributed by atoms with van der Waals surface area (Å²) in [5.74, 6) is -0.111. The van der Waals surface area contributed by atoms with Crippen LogP contribution in [0.25, 0.3) is 0 Å². The zero-order valence-corrected chi connectivity index (χ0v) is 10.3. The Kier molecular flexibility index (Phi) is 3.71. The van der Waals surface area contributed by atoms with E-state index < -0.39 is 0 Å². The molecule has 16 heavy (non-hydrogen) atoms. The van der Waals surface area contributed by atoms with Gasteiger partial charge in [0.25, 0.3) is 0 Å². The molecule has 0 aliphatic carbocycles. The maximum atomic E-state index is 13.0. The van der Waals surface area contributed by atoms with Crippen molar-refractivity contribution >= 4 is 21.7 Å². The highest BCUT2D eigenvalue weighted by Gasteiger charge is 2.23. The number of carbonyl (C=O) groups is 1. The highest BCUT2D eigenvalue weighted by molar-refractivity contribution is 9.10. The minimum atomic E-state index is -0.305. The standard InChI is InChI=1S/C12H12BrFO2/c13-10-5-8(1-2-11(10)14)6-12(15)9-3-4-16-7-9/h1-2,5,9H,3-4,6-7H2. The van der Waals surface area contributed by atoms with Gasteiger partial charge in [-0.2, -0.15) is 0 Å². The average Bonchev–Trinajstić information content (AvgIpc) is 2.77. The van der Waals surface area contributed by atoms with E-state index in [1.165, 1.54) is 6.07 Å². The van der Waals surface area contributed by atoms with E-state index in [9.17, 15) is 9.18 Å². The van der Waals surface area contributed by atoms with Crippen LogP contribution in [0.1, 0.15) is 12.0 Å². The molecule has 0 N–H and O–H groups in total. The van der Waals surface area contributed by atoms with Crippen molar-refractivity contribution in [1.82, 2.24) is 0 Å². The smallest absolute Gasteiger partial charge is 0.142 e. The predicted molar refractivity (Wildman–Crippen MR) is 61.7 cm³/mol. The summed E-state index contributed by atoms with van der Waals surface area (Å²) in [6.45, 7) is 1.20. The minimum Gasteiger partial charge on any atom is -0.381 e. The highest BCUT2D eigenvalue weighted by atomic mass is 79.9. The maximum absolute atomic E-state index is 13.0. The van der Waals surface area contributed by atoms with Gasteiger partial charge in [0.05, 0.1) is 11.1 Å². The van der Waals surface area contributed by atoms with Crippen molar-refractivity contribution in [2.75, 3.05) is 13.2 Å². The summed E-state index contributed by atoms with van der Waals surface area (Å²) in [5, 5.41) is 0. The topological polar surface area (TPSA) is 26.3 Å². The van der Waals surface area contributed by atoms with Crippen molar-refractivity contribution in [1.29, 1.82) is 0 Å². The van der Waals surface area contributed by atoms with Gasteiger partial charge in [-0.3, -0.25) is 4.79 Å². The van der Waals surface area contributed by atoms with Crippen molar-refractivity contribution < 1.29 is 13.9 Å². The molecule has 1 aliphatic heterocycles. The molecule has 1 saturated heterocycles. The molecule has 0 saturated carbocycles. The molecule has 1 fully saturated rings. The van der Waals surface area contributed by atoms with Gasteiger partial charge in [0.2, 0.25) is 0 Å². The Morgan fingerprint density at radius 3 is 3.00 bits per heavy atom. The van der Waals surface area contributed by atoms with E-state index in [4.69, 9.17) is 4.74 Å². The van der Waals surface area contributed by atoms with Gasteiger partial charge in [0, 0.05) is 18.9 Å². The molecule has 1 aromatic rings. The second-order valence-corrected chi connectivity index (χ2v) is 4.81. The number of Topliss-reactive ketones (excluding diaryl/α,β-unsaturated/α-hetero) is 1. The second kappa shape index (κ2) is 5.06. The molecule has 0 bridgehead atoms. The van der Waals surface area contributed by atoms with Crippen LogP contribution in [0, 0.1) is 11.7 Å². The SMILES string of the molecule is O=C(Cc1ccc(F)c(Br)c1)C1CCOC1. The van der Waals surface area contributed by atoms with Crippen molar-refractivity contribution in [3.63, 3.8) is 0 Å². The molecular formula is C12H12BrFO2. The first-order valence-corrected chi connectivity index (χ1v) is 6.00. The molecule has 2 nitrogen and oxygen atoms in total. The van der Waals surface area contributed by atoms with Crippen molar-refractivity contribution in [3.8, 4) is 0 Å². The van der Waals surface area contributed by atoms with E-state index in [2.05, 4.69) is 15.9 Å². The second-order valence-electron chi connectivity index (χ2n) is 3.95. The van der Waals surface area contributed by atoms with E-state index in [1.54, 1.807) is 12.1 Å². The van der Waals surface area contributed by atoms with Crippen LogP contribution in [0.15, 0.2) is 22.7 Å². The monoisotopic (exact) mass is 286 g/mol. The zero-order chi connectivity index (χ0) is 11.5. The first kappa shape index (κ1) is 11.7. The Hall–Kier alpha value is -0.740. The third-order valence-electron chi connectivity index (χ3n) is 2.75. The van der Waals surface area contributed by atoms with E-state index in [1.807, 2.05) is 0 Å². The van der Waals surface area contributed by atoms with Gasteiger partial charge in [-0.25, -0.2) is 4.39 Å². The van der Waals surface area contributed by atoms with Crippen LogP contribution >= 0.6 is 15.9 Å². The fraction of sp³-hybridized carbons (Fsp3) is 0.417. The molecule has 4 heteroatoms. The van der Waals surface area contributed by atoms with Crippen LogP contribution in [0.5, 0.6) is 0 Å². The number of benzene rings is 1. The van der Waals surface area contributed by atoms with E-state index in [0.717, 1.165) is 12.0 Å². The van der Waals surface area contributed by atoms with Gasteiger partial charge >= 0.3 is 0 Å². The van der Waals surface area contributed by atoms with Gasteiger partial charge < -0.3 is 4.74 Å². The Morgan fingerprint density at radius 1 is 1.56 bits per heavy atom. The summed E-state index contributed by atoms with van der Waals surface area (Å²) >= 11 is 3.11. The molecule has 0 radical (unpaired) electrons. The molecule has 1 aliphatic rings. The van der Waals surface area contributed by atoms with Crippen LogP contribution in [0.2, 0.25) is 0 Å². The number of halogens is 2. The van der Waals surface area contributed by atoms with Crippen LogP contribution in [-0.4, -0.2) is 19.0 Å². The normalized spacial score (nSPS) is 20.0. The first-order chi connectivity index (χ1) is 7.66. The lowest BCUT2D eigenvalue weighted by Gasteiger charge is -2.06. The zero-order valence-electron chi connectivity index (χ0n) is 8.71. The molecular weight excluding hydrogens is 275 g/mol. The van der Waals surface area contributed by atoms with Crippen molar-refractivity contribution in [2.45, 2.75) is 12.8 Å². The van der Waals surface area contributed by atoms with Gasteiger partial charge in [0.15, 0.2) is 0 Å². The van der Waals surface area contributed by atoms with Crippen molar-refractivity contribution in [3.05, 3.63) is 34.1 Å². The predicted octanol–water partition coefficient (Wildman–Crippen LogP) is 2.74. The maximum Gasteiger partial charge on any atom is 0.142 e. The van der Waals surface area contributed by atoms with Crippen LogP contribution in [0.3, 0.4) is 0 Å². The number of rotatable bonds is 3. The summed E-state index contributed by atoms with van der Waals surface area (Å²) in [6.07, 6.45) is 1.16. The van der Waals surface area contributed by atoms with Gasteiger partial charge in [-0.1, -0.05) is 6.07 Å². The summed E-state index contributed by atoms with van der Waals surface area (Å²) < 4.78 is 18.6. The molecule has 1 atom stereocenters. The van der Waals surface area contributed by atoms with E-state index in [0.29, 0.717) is 24.1 Å². The summed E-state index contributed by atoms with van der Waals surface area (Å²) in [6, 6.07) is 4.68. The minimum absolute atomic E-state index is 0.0174. The van der Waals surface area contributed by atoms with Gasteiger partial charge in [0.1, 0.15) is 11.6 Å².